The molecule has 21 heavy (non-hydrogen) atoms. The molecule has 1 aromatic rings. The van der Waals surface area contributed by atoms with Gasteiger partial charge in [-0.25, -0.2) is 0 Å². The van der Waals surface area contributed by atoms with E-state index in [4.69, 9.17) is 14.7 Å². The Hall–Kier alpha value is -1.97. The number of phenols is 1. The molecule has 1 fully saturated rings. The Kier molecular flexibility index (Phi) is 5.26. The summed E-state index contributed by atoms with van der Waals surface area (Å²) in [6, 6.07) is 5.78. The minimum Gasteiger partial charge on any atom is -0.502 e. The Labute approximate surface area is 124 Å². The standard InChI is InChI=1S/C15H21N3O3/c1-20-13-9-11(10-14(21-2)15(13)19)12(3-4-16)18-7-5-17-6-8-18/h9-10,12,17,19H,3,5-8H2,1-2H3/t12-/m1/s1. The fourth-order valence-corrected chi connectivity index (χ4v) is 2.64. The molecule has 114 valence electrons. The third kappa shape index (κ3) is 3.38. The van der Waals surface area contributed by atoms with Gasteiger partial charge in [-0.2, -0.15) is 5.26 Å². The Bertz CT molecular complexity index is 496. The molecule has 1 heterocycles. The molecule has 6 nitrogen and oxygen atoms in total. The normalized spacial score (nSPS) is 17.0. The van der Waals surface area contributed by atoms with Gasteiger partial charge in [0, 0.05) is 32.2 Å². The van der Waals surface area contributed by atoms with E-state index in [9.17, 15) is 5.11 Å². The van der Waals surface area contributed by atoms with E-state index in [0.29, 0.717) is 17.9 Å². The highest BCUT2D eigenvalue weighted by Crippen LogP contribution is 2.40. The molecule has 0 amide bonds. The maximum absolute atomic E-state index is 10.00. The van der Waals surface area contributed by atoms with Gasteiger partial charge in [-0.15, -0.1) is 0 Å². The molecule has 0 aromatic heterocycles. The quantitative estimate of drug-likeness (QED) is 0.850. The zero-order valence-corrected chi connectivity index (χ0v) is 12.4. The largest absolute Gasteiger partial charge is 0.502 e. The monoisotopic (exact) mass is 291 g/mol. The summed E-state index contributed by atoms with van der Waals surface area (Å²) in [4.78, 5) is 2.27. The van der Waals surface area contributed by atoms with Crippen LogP contribution in [0.15, 0.2) is 12.1 Å². The topological polar surface area (TPSA) is 77.8 Å². The molecular weight excluding hydrogens is 270 g/mol. The number of benzene rings is 1. The summed E-state index contributed by atoms with van der Waals surface area (Å²) in [5, 5.41) is 22.4. The zero-order chi connectivity index (χ0) is 15.2. The lowest BCUT2D eigenvalue weighted by atomic mass is 10.0. The summed E-state index contributed by atoms with van der Waals surface area (Å²) in [5.41, 5.74) is 0.921. The Morgan fingerprint density at radius 2 is 1.86 bits per heavy atom. The number of hydrogen-bond donors (Lipinski definition) is 2. The van der Waals surface area contributed by atoms with Crippen LogP contribution in [0.25, 0.3) is 0 Å². The summed E-state index contributed by atoms with van der Waals surface area (Å²) in [6.45, 7) is 3.60. The number of ether oxygens (including phenoxy) is 2. The Morgan fingerprint density at radius 1 is 1.29 bits per heavy atom. The maximum Gasteiger partial charge on any atom is 0.200 e. The highest BCUT2D eigenvalue weighted by Gasteiger charge is 2.24. The van der Waals surface area contributed by atoms with Crippen LogP contribution < -0.4 is 14.8 Å². The van der Waals surface area contributed by atoms with Gasteiger partial charge < -0.3 is 19.9 Å². The second kappa shape index (κ2) is 7.16. The summed E-state index contributed by atoms with van der Waals surface area (Å²) in [7, 11) is 3.00. The smallest absolute Gasteiger partial charge is 0.200 e. The number of nitrogens with zero attached hydrogens (tertiary/aromatic N) is 2. The molecule has 0 aliphatic carbocycles. The van der Waals surface area contributed by atoms with E-state index >= 15 is 0 Å². The predicted octanol–water partition coefficient (Wildman–Crippen LogP) is 1.27. The number of methoxy groups -OCH3 is 2. The fourth-order valence-electron chi connectivity index (χ4n) is 2.64. The van der Waals surface area contributed by atoms with Crippen molar-refractivity contribution in [3.63, 3.8) is 0 Å². The summed E-state index contributed by atoms with van der Waals surface area (Å²) >= 11 is 0. The number of hydrogen-bond acceptors (Lipinski definition) is 6. The predicted molar refractivity (Wildman–Crippen MR) is 78.6 cm³/mol. The van der Waals surface area contributed by atoms with Crippen molar-refractivity contribution in [2.24, 2.45) is 0 Å². The van der Waals surface area contributed by atoms with Gasteiger partial charge in [0.1, 0.15) is 0 Å². The molecule has 0 unspecified atom stereocenters. The van der Waals surface area contributed by atoms with Gasteiger partial charge in [0.05, 0.1) is 26.7 Å². The van der Waals surface area contributed by atoms with Gasteiger partial charge in [-0.05, 0) is 17.7 Å². The number of nitrogens with one attached hydrogen (secondary N) is 1. The molecule has 2 rings (SSSR count). The summed E-state index contributed by atoms with van der Waals surface area (Å²) < 4.78 is 10.4. The van der Waals surface area contributed by atoms with Gasteiger partial charge in [-0.3, -0.25) is 4.90 Å². The van der Waals surface area contributed by atoms with Gasteiger partial charge in [0.15, 0.2) is 11.5 Å². The van der Waals surface area contributed by atoms with E-state index in [-0.39, 0.29) is 11.8 Å². The number of phenolic OH excluding ortho intramolecular Hbond substituents is 1. The van der Waals surface area contributed by atoms with E-state index in [1.165, 1.54) is 14.2 Å². The van der Waals surface area contributed by atoms with Crippen LogP contribution in [-0.4, -0.2) is 50.4 Å². The van der Waals surface area contributed by atoms with Crippen LogP contribution in [0.5, 0.6) is 17.2 Å². The molecule has 6 heteroatoms. The molecule has 1 saturated heterocycles. The van der Waals surface area contributed by atoms with Crippen LogP contribution in [0, 0.1) is 11.3 Å². The Balaban J connectivity index is 2.37. The van der Waals surface area contributed by atoms with Crippen molar-refractivity contribution in [1.82, 2.24) is 10.2 Å². The Morgan fingerprint density at radius 3 is 2.33 bits per heavy atom. The lowest BCUT2D eigenvalue weighted by Crippen LogP contribution is -2.45. The van der Waals surface area contributed by atoms with Crippen LogP contribution in [0.4, 0.5) is 0 Å². The van der Waals surface area contributed by atoms with Crippen molar-refractivity contribution in [1.29, 1.82) is 5.26 Å². The van der Waals surface area contributed by atoms with Gasteiger partial charge in [0.2, 0.25) is 5.75 Å². The molecule has 1 aromatic carbocycles. The maximum atomic E-state index is 10.00. The molecule has 0 spiro atoms. The first-order chi connectivity index (χ1) is 10.2. The van der Waals surface area contributed by atoms with Crippen LogP contribution in [0.3, 0.4) is 0 Å². The highest BCUT2D eigenvalue weighted by atomic mass is 16.5. The van der Waals surface area contributed by atoms with Crippen molar-refractivity contribution in [2.45, 2.75) is 12.5 Å². The van der Waals surface area contributed by atoms with Gasteiger partial charge >= 0.3 is 0 Å². The number of aromatic hydroxyl groups is 1. The summed E-state index contributed by atoms with van der Waals surface area (Å²) in [5.74, 6) is 0.713. The number of piperazine rings is 1. The van der Waals surface area contributed by atoms with Crippen molar-refractivity contribution in [2.75, 3.05) is 40.4 Å². The van der Waals surface area contributed by atoms with E-state index in [1.807, 2.05) is 0 Å². The molecular formula is C15H21N3O3. The second-order valence-corrected chi connectivity index (χ2v) is 4.94. The molecule has 1 atom stereocenters. The van der Waals surface area contributed by atoms with Crippen molar-refractivity contribution in [3.8, 4) is 23.3 Å². The van der Waals surface area contributed by atoms with E-state index in [1.54, 1.807) is 12.1 Å². The zero-order valence-electron chi connectivity index (χ0n) is 12.4. The third-order valence-corrected chi connectivity index (χ3v) is 3.76. The molecule has 1 aliphatic heterocycles. The van der Waals surface area contributed by atoms with Crippen LogP contribution in [0.2, 0.25) is 0 Å². The number of nitriles is 1. The van der Waals surface area contributed by atoms with Crippen molar-refractivity contribution >= 4 is 0 Å². The van der Waals surface area contributed by atoms with Crippen molar-refractivity contribution in [3.05, 3.63) is 17.7 Å². The van der Waals surface area contributed by atoms with Crippen molar-refractivity contribution < 1.29 is 14.6 Å². The number of rotatable bonds is 5. The molecule has 0 bridgehead atoms. The summed E-state index contributed by atoms with van der Waals surface area (Å²) in [6.07, 6.45) is 0.386. The first-order valence-corrected chi connectivity index (χ1v) is 6.97. The van der Waals surface area contributed by atoms with Crippen LogP contribution in [-0.2, 0) is 0 Å². The lowest BCUT2D eigenvalue weighted by Gasteiger charge is -2.34. The third-order valence-electron chi connectivity index (χ3n) is 3.76. The first-order valence-electron chi connectivity index (χ1n) is 6.97. The minimum absolute atomic E-state index is 0.0141. The SMILES string of the molecule is COc1cc([C@@H](CC#N)N2CCNCC2)cc(OC)c1O. The van der Waals surface area contributed by atoms with E-state index in [2.05, 4.69) is 16.3 Å². The fraction of sp³-hybridized carbons (Fsp3) is 0.533. The van der Waals surface area contributed by atoms with E-state index in [0.717, 1.165) is 31.7 Å². The van der Waals surface area contributed by atoms with E-state index < -0.39 is 0 Å². The average Bonchev–Trinajstić information content (AvgIpc) is 2.54. The second-order valence-electron chi connectivity index (χ2n) is 4.94. The molecule has 2 N–H and O–H groups in total. The van der Waals surface area contributed by atoms with Gasteiger partial charge in [0.25, 0.3) is 0 Å². The first kappa shape index (κ1) is 15.4. The lowest BCUT2D eigenvalue weighted by molar-refractivity contribution is 0.175. The minimum atomic E-state index is -0.0273. The van der Waals surface area contributed by atoms with Crippen LogP contribution in [0.1, 0.15) is 18.0 Å². The average molecular weight is 291 g/mol. The molecule has 0 radical (unpaired) electrons. The highest BCUT2D eigenvalue weighted by molar-refractivity contribution is 5.53. The molecule has 0 saturated carbocycles. The van der Waals surface area contributed by atoms with Gasteiger partial charge in [-0.1, -0.05) is 0 Å². The molecule has 1 aliphatic rings. The van der Waals surface area contributed by atoms with Crippen LogP contribution >= 0.6 is 0 Å².